The molecule has 1 aromatic heterocycles. The average molecular weight is 289 g/mol. The highest BCUT2D eigenvalue weighted by atomic mass is 16.5. The van der Waals surface area contributed by atoms with Gasteiger partial charge in [-0.1, -0.05) is 18.6 Å². The van der Waals surface area contributed by atoms with Crippen molar-refractivity contribution in [2.45, 2.75) is 51.2 Å². The maximum atomic E-state index is 11.9. The molecular weight excluding hydrogens is 270 g/mol. The first-order chi connectivity index (χ1) is 10.2. The minimum atomic E-state index is -0.429. The Hall–Kier alpha value is -2.04. The molecule has 1 heterocycles. The van der Waals surface area contributed by atoms with Gasteiger partial charge in [0.25, 0.3) is 0 Å². The van der Waals surface area contributed by atoms with E-state index in [9.17, 15) is 9.59 Å². The van der Waals surface area contributed by atoms with Gasteiger partial charge in [0.2, 0.25) is 0 Å². The molecule has 0 bridgehead atoms. The number of ether oxygens (including phenoxy) is 1. The topological polar surface area (TPSA) is 61.4 Å². The Morgan fingerprint density at radius 2 is 2.00 bits per heavy atom. The van der Waals surface area contributed by atoms with E-state index in [1.807, 2.05) is 18.2 Å². The van der Waals surface area contributed by atoms with Gasteiger partial charge in [0.05, 0.1) is 11.9 Å². The van der Waals surface area contributed by atoms with Crippen molar-refractivity contribution in [3.05, 3.63) is 34.8 Å². The monoisotopic (exact) mass is 289 g/mol. The van der Waals surface area contributed by atoms with E-state index < -0.39 is 5.76 Å². The minimum Gasteiger partial charge on any atom is -0.462 e. The number of aromatic nitrogens is 1. The first-order valence-corrected chi connectivity index (χ1v) is 7.52. The highest BCUT2D eigenvalue weighted by molar-refractivity contribution is 5.73. The maximum Gasteiger partial charge on any atom is 0.419 e. The maximum absolute atomic E-state index is 11.9. The standard InChI is InChI=1S/C16H19NO4/c18-15(20-12-6-2-1-3-7-12)10-11-17-13-8-4-5-9-14(13)21-16(17)19/h4-5,8-9,12H,1-3,6-7,10-11H2. The summed E-state index contributed by atoms with van der Waals surface area (Å²) in [5.41, 5.74) is 1.26. The Bertz CT molecular complexity index is 679. The van der Waals surface area contributed by atoms with Crippen LogP contribution in [0.15, 0.2) is 33.5 Å². The van der Waals surface area contributed by atoms with Crippen LogP contribution in [-0.4, -0.2) is 16.6 Å². The van der Waals surface area contributed by atoms with E-state index in [0.717, 1.165) is 25.7 Å². The summed E-state index contributed by atoms with van der Waals surface area (Å²) in [6.45, 7) is 0.293. The molecule has 1 aliphatic carbocycles. The summed E-state index contributed by atoms with van der Waals surface area (Å²) in [6.07, 6.45) is 5.66. The van der Waals surface area contributed by atoms with Crippen LogP contribution in [-0.2, 0) is 16.1 Å². The van der Waals surface area contributed by atoms with Crippen molar-refractivity contribution in [2.24, 2.45) is 0 Å². The van der Waals surface area contributed by atoms with E-state index in [-0.39, 0.29) is 18.5 Å². The number of carbonyl (C=O) groups excluding carboxylic acids is 1. The molecule has 0 saturated heterocycles. The Kier molecular flexibility index (Phi) is 4.08. The van der Waals surface area contributed by atoms with Gasteiger partial charge in [0.15, 0.2) is 5.58 Å². The second-order valence-corrected chi connectivity index (χ2v) is 5.49. The lowest BCUT2D eigenvalue weighted by molar-refractivity contribution is -0.150. The van der Waals surface area contributed by atoms with E-state index in [2.05, 4.69) is 0 Å². The van der Waals surface area contributed by atoms with Crippen LogP contribution in [0.5, 0.6) is 0 Å². The normalized spacial score (nSPS) is 16.2. The zero-order valence-electron chi connectivity index (χ0n) is 11.9. The number of hydrogen-bond acceptors (Lipinski definition) is 4. The van der Waals surface area contributed by atoms with Crippen LogP contribution in [0.1, 0.15) is 38.5 Å². The Morgan fingerprint density at radius 3 is 2.81 bits per heavy atom. The molecule has 1 aliphatic rings. The molecule has 0 radical (unpaired) electrons. The van der Waals surface area contributed by atoms with Gasteiger partial charge in [-0.3, -0.25) is 9.36 Å². The van der Waals surface area contributed by atoms with Gasteiger partial charge in [-0.15, -0.1) is 0 Å². The third-order valence-electron chi connectivity index (χ3n) is 3.96. The van der Waals surface area contributed by atoms with Gasteiger partial charge in [-0.25, -0.2) is 4.79 Å². The first-order valence-electron chi connectivity index (χ1n) is 7.52. The van der Waals surface area contributed by atoms with Crippen LogP contribution in [0.4, 0.5) is 0 Å². The molecule has 21 heavy (non-hydrogen) atoms. The molecular formula is C16H19NO4. The van der Waals surface area contributed by atoms with E-state index in [1.54, 1.807) is 6.07 Å². The summed E-state index contributed by atoms with van der Waals surface area (Å²) >= 11 is 0. The zero-order valence-corrected chi connectivity index (χ0v) is 11.9. The fraction of sp³-hybridized carbons (Fsp3) is 0.500. The van der Waals surface area contributed by atoms with Gasteiger partial charge >= 0.3 is 11.7 Å². The lowest BCUT2D eigenvalue weighted by Gasteiger charge is -2.21. The van der Waals surface area contributed by atoms with E-state index >= 15 is 0 Å². The SMILES string of the molecule is O=C(CCn1c(=O)oc2ccccc21)OC1CCCCC1. The minimum absolute atomic E-state index is 0.0593. The van der Waals surface area contributed by atoms with Gasteiger partial charge in [-0.05, 0) is 37.8 Å². The van der Waals surface area contributed by atoms with Gasteiger partial charge in [-0.2, -0.15) is 0 Å². The van der Waals surface area contributed by atoms with Crippen molar-refractivity contribution in [3.63, 3.8) is 0 Å². The van der Waals surface area contributed by atoms with Gasteiger partial charge in [0, 0.05) is 6.54 Å². The summed E-state index contributed by atoms with van der Waals surface area (Å²) in [6, 6.07) is 7.21. The van der Waals surface area contributed by atoms with Crippen LogP contribution in [0, 0.1) is 0 Å². The van der Waals surface area contributed by atoms with Crippen LogP contribution in [0.25, 0.3) is 11.1 Å². The molecule has 3 rings (SSSR count). The fourth-order valence-electron chi connectivity index (χ4n) is 2.86. The van der Waals surface area contributed by atoms with E-state index in [4.69, 9.17) is 9.15 Å². The van der Waals surface area contributed by atoms with Crippen molar-refractivity contribution in [2.75, 3.05) is 0 Å². The molecule has 0 spiro atoms. The second-order valence-electron chi connectivity index (χ2n) is 5.49. The molecule has 112 valence electrons. The number of aryl methyl sites for hydroxylation is 1. The summed E-state index contributed by atoms with van der Waals surface area (Å²) in [5.74, 6) is -0.666. The van der Waals surface area contributed by atoms with Crippen molar-refractivity contribution < 1.29 is 13.9 Å². The van der Waals surface area contributed by atoms with Gasteiger partial charge < -0.3 is 9.15 Å². The van der Waals surface area contributed by atoms with E-state index in [1.165, 1.54) is 11.0 Å². The summed E-state index contributed by atoms with van der Waals surface area (Å²) in [7, 11) is 0. The molecule has 0 amide bonds. The third kappa shape index (κ3) is 3.17. The molecule has 2 aromatic rings. The molecule has 1 saturated carbocycles. The number of carbonyl (C=O) groups is 1. The largest absolute Gasteiger partial charge is 0.462 e. The van der Waals surface area contributed by atoms with Crippen LogP contribution < -0.4 is 5.76 Å². The predicted molar refractivity (Wildman–Crippen MR) is 78.1 cm³/mol. The number of esters is 1. The molecule has 1 fully saturated rings. The Labute approximate surface area is 122 Å². The average Bonchev–Trinajstić information content (AvgIpc) is 2.81. The lowest BCUT2D eigenvalue weighted by atomic mass is 9.98. The summed E-state index contributed by atoms with van der Waals surface area (Å²) in [4.78, 5) is 23.7. The quantitative estimate of drug-likeness (QED) is 0.812. The van der Waals surface area contributed by atoms with Crippen molar-refractivity contribution in [1.82, 2.24) is 4.57 Å². The number of rotatable bonds is 4. The van der Waals surface area contributed by atoms with Crippen molar-refractivity contribution in [1.29, 1.82) is 0 Å². The number of hydrogen-bond donors (Lipinski definition) is 0. The first kappa shape index (κ1) is 13.9. The highest BCUT2D eigenvalue weighted by Crippen LogP contribution is 2.20. The predicted octanol–water partition coefficient (Wildman–Crippen LogP) is 2.86. The third-order valence-corrected chi connectivity index (χ3v) is 3.96. The molecule has 0 N–H and O–H groups in total. The molecule has 5 nitrogen and oxygen atoms in total. The molecule has 0 unspecified atom stereocenters. The summed E-state index contributed by atoms with van der Waals surface area (Å²) < 4.78 is 12.1. The number of para-hydroxylation sites is 2. The van der Waals surface area contributed by atoms with Gasteiger partial charge in [0.1, 0.15) is 6.10 Å². The lowest BCUT2D eigenvalue weighted by Crippen LogP contribution is -2.23. The van der Waals surface area contributed by atoms with Crippen molar-refractivity contribution >= 4 is 17.1 Å². The number of nitrogens with zero attached hydrogens (tertiary/aromatic N) is 1. The Balaban J connectivity index is 1.62. The van der Waals surface area contributed by atoms with Crippen LogP contribution in [0.3, 0.4) is 0 Å². The smallest absolute Gasteiger partial charge is 0.419 e. The fourth-order valence-corrected chi connectivity index (χ4v) is 2.86. The van der Waals surface area contributed by atoms with Crippen molar-refractivity contribution in [3.8, 4) is 0 Å². The zero-order chi connectivity index (χ0) is 14.7. The molecule has 0 aliphatic heterocycles. The second kappa shape index (κ2) is 6.16. The van der Waals surface area contributed by atoms with E-state index in [0.29, 0.717) is 17.6 Å². The molecule has 5 heteroatoms. The number of benzene rings is 1. The number of fused-ring (bicyclic) bond motifs is 1. The summed E-state index contributed by atoms with van der Waals surface area (Å²) in [5, 5.41) is 0. The van der Waals surface area contributed by atoms with Crippen LogP contribution >= 0.6 is 0 Å². The molecule has 0 atom stereocenters. The van der Waals surface area contributed by atoms with Crippen LogP contribution in [0.2, 0.25) is 0 Å². The molecule has 1 aromatic carbocycles. The highest BCUT2D eigenvalue weighted by Gasteiger charge is 2.18. The number of oxazole rings is 1. The Morgan fingerprint density at radius 1 is 1.24 bits per heavy atom.